The summed E-state index contributed by atoms with van der Waals surface area (Å²) in [5, 5.41) is 4.52. The fraction of sp³-hybridized carbons (Fsp3) is 0.240. The number of carbonyl (C=O) groups is 2. The molecule has 0 radical (unpaired) electrons. The molecule has 4 aromatic rings. The highest BCUT2D eigenvalue weighted by Gasteiger charge is 2.27. The molecule has 1 atom stereocenters. The zero-order valence-corrected chi connectivity index (χ0v) is 17.1. The minimum atomic E-state index is -0.521. The van der Waals surface area contributed by atoms with Gasteiger partial charge in [0.15, 0.2) is 6.61 Å². The molecule has 2 heterocycles. The molecule has 0 aliphatic heterocycles. The number of carbonyl (C=O) groups excluding carboxylic acids is 2. The largest absolute Gasteiger partial charge is 0.459 e. The number of pyridine rings is 1. The number of fused-ring (bicyclic) bond motifs is 2. The molecule has 1 amide bonds. The van der Waals surface area contributed by atoms with Gasteiger partial charge in [0.25, 0.3) is 5.91 Å². The summed E-state index contributed by atoms with van der Waals surface area (Å²) in [7, 11) is 0. The van der Waals surface area contributed by atoms with Crippen molar-refractivity contribution in [2.75, 3.05) is 6.61 Å². The molecule has 0 bridgehead atoms. The second kappa shape index (κ2) is 7.87. The van der Waals surface area contributed by atoms with Crippen LogP contribution < -0.4 is 5.32 Å². The number of benzene rings is 2. The number of furan rings is 1. The Morgan fingerprint density at radius 2 is 1.90 bits per heavy atom. The first-order valence-electron chi connectivity index (χ1n) is 10.4. The van der Waals surface area contributed by atoms with Crippen LogP contribution in [0.5, 0.6) is 0 Å². The number of ether oxygens (including phenoxy) is 1. The Bertz CT molecular complexity index is 1260. The van der Waals surface area contributed by atoms with Gasteiger partial charge >= 0.3 is 5.97 Å². The van der Waals surface area contributed by atoms with Gasteiger partial charge < -0.3 is 14.5 Å². The number of nitrogens with zero attached hydrogens (tertiary/aromatic N) is 1. The molecule has 6 heteroatoms. The second-order valence-corrected chi connectivity index (χ2v) is 7.94. The predicted octanol–water partition coefficient (Wildman–Crippen LogP) is 4.89. The number of hydrogen-bond donors (Lipinski definition) is 1. The van der Waals surface area contributed by atoms with E-state index in [-0.39, 0.29) is 18.6 Å². The van der Waals surface area contributed by atoms with Gasteiger partial charge in [-0.3, -0.25) is 9.78 Å². The van der Waals surface area contributed by atoms with Crippen molar-refractivity contribution in [3.05, 3.63) is 77.7 Å². The molecule has 0 saturated heterocycles. The molecule has 2 aromatic heterocycles. The maximum atomic E-state index is 12.8. The molecule has 2 aromatic carbocycles. The van der Waals surface area contributed by atoms with Crippen LogP contribution in [0.4, 0.5) is 0 Å². The zero-order chi connectivity index (χ0) is 21.4. The highest BCUT2D eigenvalue weighted by atomic mass is 16.5. The van der Waals surface area contributed by atoms with Crippen molar-refractivity contribution in [2.24, 2.45) is 0 Å². The van der Waals surface area contributed by atoms with Crippen LogP contribution in [-0.2, 0) is 9.53 Å². The Hall–Kier alpha value is -3.67. The summed E-state index contributed by atoms with van der Waals surface area (Å²) in [6, 6.07) is 18.5. The molecule has 1 aliphatic rings. The molecule has 1 fully saturated rings. The minimum Gasteiger partial charge on any atom is -0.459 e. The number of aromatic nitrogens is 1. The van der Waals surface area contributed by atoms with Crippen LogP contribution in [0.3, 0.4) is 0 Å². The van der Waals surface area contributed by atoms with E-state index < -0.39 is 5.97 Å². The van der Waals surface area contributed by atoms with Crippen molar-refractivity contribution in [1.82, 2.24) is 10.3 Å². The summed E-state index contributed by atoms with van der Waals surface area (Å²) in [5.74, 6) is 0.147. The average molecular weight is 414 g/mol. The lowest BCUT2D eigenvalue weighted by atomic mass is 10.1. The smallest absolute Gasteiger partial charge is 0.339 e. The van der Waals surface area contributed by atoms with E-state index in [1.165, 1.54) is 0 Å². The molecule has 156 valence electrons. The van der Waals surface area contributed by atoms with Crippen LogP contribution in [-0.4, -0.2) is 23.5 Å². The van der Waals surface area contributed by atoms with Gasteiger partial charge in [0, 0.05) is 22.4 Å². The minimum absolute atomic E-state index is 0.346. The van der Waals surface area contributed by atoms with Crippen molar-refractivity contribution in [3.8, 4) is 0 Å². The summed E-state index contributed by atoms with van der Waals surface area (Å²) >= 11 is 0. The first-order valence-corrected chi connectivity index (χ1v) is 10.4. The van der Waals surface area contributed by atoms with E-state index in [9.17, 15) is 9.59 Å². The van der Waals surface area contributed by atoms with Gasteiger partial charge in [-0.25, -0.2) is 4.79 Å². The van der Waals surface area contributed by atoms with Crippen molar-refractivity contribution in [1.29, 1.82) is 0 Å². The Morgan fingerprint density at radius 1 is 1.13 bits per heavy atom. The Morgan fingerprint density at radius 3 is 2.71 bits per heavy atom. The number of rotatable bonds is 6. The monoisotopic (exact) mass is 414 g/mol. The summed E-state index contributed by atoms with van der Waals surface area (Å²) in [4.78, 5) is 29.8. The maximum Gasteiger partial charge on any atom is 0.339 e. The highest BCUT2D eigenvalue weighted by molar-refractivity contribution is 6.04. The summed E-state index contributed by atoms with van der Waals surface area (Å²) in [6.45, 7) is 1.47. The normalized spacial score (nSPS) is 14.5. The first kappa shape index (κ1) is 19.3. The Balaban J connectivity index is 1.26. The first-order chi connectivity index (χ1) is 15.1. The number of hydrogen-bond acceptors (Lipinski definition) is 5. The summed E-state index contributed by atoms with van der Waals surface area (Å²) in [5.41, 5.74) is 2.89. The van der Waals surface area contributed by atoms with Gasteiger partial charge in [-0.05, 0) is 44.0 Å². The quantitative estimate of drug-likeness (QED) is 0.454. The molecule has 0 spiro atoms. The van der Waals surface area contributed by atoms with E-state index in [0.29, 0.717) is 17.2 Å². The average Bonchev–Trinajstić information content (AvgIpc) is 3.54. The van der Waals surface area contributed by atoms with Crippen molar-refractivity contribution >= 4 is 33.7 Å². The van der Waals surface area contributed by atoms with E-state index in [1.54, 1.807) is 6.07 Å². The third-order valence-corrected chi connectivity index (χ3v) is 5.53. The van der Waals surface area contributed by atoms with Gasteiger partial charge in [0.1, 0.15) is 11.3 Å². The number of esters is 1. The van der Waals surface area contributed by atoms with Gasteiger partial charge in [0.2, 0.25) is 0 Å². The fourth-order valence-electron chi connectivity index (χ4n) is 3.73. The van der Waals surface area contributed by atoms with E-state index in [2.05, 4.69) is 10.3 Å². The summed E-state index contributed by atoms with van der Waals surface area (Å²) in [6.07, 6.45) is 2.17. The van der Waals surface area contributed by atoms with Crippen molar-refractivity contribution in [2.45, 2.75) is 31.7 Å². The molecule has 1 N–H and O–H groups in total. The molecular weight excluding hydrogens is 392 g/mol. The third-order valence-electron chi connectivity index (χ3n) is 5.53. The summed E-state index contributed by atoms with van der Waals surface area (Å²) < 4.78 is 11.1. The maximum absolute atomic E-state index is 12.8. The van der Waals surface area contributed by atoms with Crippen LogP contribution in [0.15, 0.2) is 65.1 Å². The van der Waals surface area contributed by atoms with Crippen LogP contribution in [0.1, 0.15) is 53.5 Å². The number of amides is 1. The molecule has 31 heavy (non-hydrogen) atoms. The topological polar surface area (TPSA) is 81.4 Å². The van der Waals surface area contributed by atoms with Crippen molar-refractivity contribution in [3.63, 3.8) is 0 Å². The highest BCUT2D eigenvalue weighted by Crippen LogP contribution is 2.40. The molecule has 6 nitrogen and oxygen atoms in total. The SMILES string of the molecule is C[C@H](NC(=O)COC(=O)c1cc(C2CC2)nc2ccccc12)c1cc2ccccc2o1. The van der Waals surface area contributed by atoms with E-state index >= 15 is 0 Å². The zero-order valence-electron chi connectivity index (χ0n) is 17.1. The van der Waals surface area contributed by atoms with Crippen LogP contribution >= 0.6 is 0 Å². The molecule has 1 saturated carbocycles. The molecule has 1 aliphatic carbocycles. The molecule has 0 unspecified atom stereocenters. The second-order valence-electron chi connectivity index (χ2n) is 7.94. The number of nitrogens with one attached hydrogen (secondary N) is 1. The third kappa shape index (κ3) is 4.01. The van der Waals surface area contributed by atoms with Crippen molar-refractivity contribution < 1.29 is 18.7 Å². The Labute approximate surface area is 179 Å². The van der Waals surface area contributed by atoms with E-state index in [0.717, 1.165) is 40.4 Å². The lowest BCUT2D eigenvalue weighted by Gasteiger charge is -2.12. The predicted molar refractivity (Wildman–Crippen MR) is 117 cm³/mol. The fourth-order valence-corrected chi connectivity index (χ4v) is 3.73. The van der Waals surface area contributed by atoms with E-state index in [1.807, 2.05) is 61.5 Å². The lowest BCUT2D eigenvalue weighted by molar-refractivity contribution is -0.125. The molecular formula is C25H22N2O4. The van der Waals surface area contributed by atoms with Gasteiger partial charge in [-0.15, -0.1) is 0 Å². The van der Waals surface area contributed by atoms with Crippen LogP contribution in [0, 0.1) is 0 Å². The standard InChI is InChI=1S/C25H22N2O4/c1-15(23-12-17-6-2-5-9-22(17)31-23)26-24(28)14-30-25(29)19-13-21(16-10-11-16)27-20-8-4-3-7-18(19)20/h2-9,12-13,15-16H,10-11,14H2,1H3,(H,26,28)/t15-/m0/s1. The lowest BCUT2D eigenvalue weighted by Crippen LogP contribution is -2.31. The van der Waals surface area contributed by atoms with Gasteiger partial charge in [0.05, 0.1) is 17.1 Å². The van der Waals surface area contributed by atoms with Gasteiger partial charge in [-0.2, -0.15) is 0 Å². The molecule has 5 rings (SSSR count). The van der Waals surface area contributed by atoms with Gasteiger partial charge in [-0.1, -0.05) is 36.4 Å². The van der Waals surface area contributed by atoms with Crippen LogP contribution in [0.2, 0.25) is 0 Å². The Kier molecular flexibility index (Phi) is 4.90. The number of para-hydroxylation sites is 2. The van der Waals surface area contributed by atoms with Crippen LogP contribution in [0.25, 0.3) is 21.9 Å². The van der Waals surface area contributed by atoms with E-state index in [4.69, 9.17) is 9.15 Å².